The van der Waals surface area contributed by atoms with Gasteiger partial charge in [-0.2, -0.15) is 4.98 Å². The molecule has 3 aromatic rings. The molecular formula is C27H41N9O2. The predicted octanol–water partition coefficient (Wildman–Crippen LogP) is 2.16. The molecule has 1 aromatic carbocycles. The van der Waals surface area contributed by atoms with Crippen LogP contribution in [0.25, 0.3) is 11.2 Å². The van der Waals surface area contributed by atoms with Crippen molar-refractivity contribution < 1.29 is 0 Å². The van der Waals surface area contributed by atoms with Gasteiger partial charge in [0.2, 0.25) is 5.95 Å². The molecule has 0 bridgehead atoms. The average Bonchev–Trinajstić information content (AvgIpc) is 3.30. The van der Waals surface area contributed by atoms with Crippen LogP contribution >= 0.6 is 0 Å². The number of nitrogens with one attached hydrogen (secondary N) is 3. The number of piperidine rings is 1. The van der Waals surface area contributed by atoms with Crippen molar-refractivity contribution in [1.29, 1.82) is 0 Å². The normalized spacial score (nSPS) is 15.6. The van der Waals surface area contributed by atoms with Gasteiger partial charge in [0.1, 0.15) is 0 Å². The number of aromatic nitrogens is 4. The maximum absolute atomic E-state index is 13.9. The highest BCUT2D eigenvalue weighted by Gasteiger charge is 2.26. The number of nitrogens with two attached hydrogens (primary N) is 1. The molecule has 2 aromatic heterocycles. The number of anilines is 4. The van der Waals surface area contributed by atoms with E-state index in [1.807, 2.05) is 51.7 Å². The first-order valence-electron chi connectivity index (χ1n) is 13.2. The van der Waals surface area contributed by atoms with Crippen LogP contribution in [0.3, 0.4) is 0 Å². The maximum atomic E-state index is 13.9. The van der Waals surface area contributed by atoms with Crippen LogP contribution in [0.1, 0.15) is 32.3 Å². The van der Waals surface area contributed by atoms with Crippen LogP contribution in [0.4, 0.5) is 23.0 Å². The number of allylic oxidation sites excluding steroid dienone is 2. The summed E-state index contributed by atoms with van der Waals surface area (Å²) in [6, 6.07) is 4.09. The first-order valence-corrected chi connectivity index (χ1v) is 13.2. The van der Waals surface area contributed by atoms with E-state index in [9.17, 15) is 9.59 Å². The van der Waals surface area contributed by atoms with Gasteiger partial charge < -0.3 is 31.2 Å². The highest BCUT2D eigenvalue weighted by Crippen LogP contribution is 2.30. The van der Waals surface area contributed by atoms with Crippen molar-refractivity contribution in [3.05, 3.63) is 50.2 Å². The van der Waals surface area contributed by atoms with E-state index in [2.05, 4.69) is 26.9 Å². The summed E-state index contributed by atoms with van der Waals surface area (Å²) in [6.45, 7) is 6.27. The lowest BCUT2D eigenvalue weighted by Crippen LogP contribution is -2.44. The first-order chi connectivity index (χ1) is 18.2. The Hall–Kier alpha value is -3.73. The fraction of sp³-hybridized carbons (Fsp3) is 0.519. The molecule has 0 radical (unpaired) electrons. The molecule has 0 spiro atoms. The summed E-state index contributed by atoms with van der Waals surface area (Å²) in [7, 11) is 7.29. The van der Waals surface area contributed by atoms with E-state index in [-0.39, 0.29) is 23.8 Å². The molecule has 0 amide bonds. The second-order valence-corrected chi connectivity index (χ2v) is 10.2. The van der Waals surface area contributed by atoms with Gasteiger partial charge >= 0.3 is 5.69 Å². The van der Waals surface area contributed by atoms with Crippen LogP contribution in [0.2, 0.25) is 0 Å². The molecule has 1 unspecified atom stereocenters. The second kappa shape index (κ2) is 11.3. The van der Waals surface area contributed by atoms with Crippen LogP contribution in [-0.4, -0.2) is 59.0 Å². The van der Waals surface area contributed by atoms with Crippen molar-refractivity contribution in [1.82, 2.24) is 18.7 Å². The number of rotatable bonds is 9. The monoisotopic (exact) mass is 523 g/mol. The summed E-state index contributed by atoms with van der Waals surface area (Å²) < 4.78 is 4.77. The maximum Gasteiger partial charge on any atom is 0.332 e. The lowest BCUT2D eigenvalue weighted by atomic mass is 10.1. The largest absolute Gasteiger partial charge is 0.388 e. The van der Waals surface area contributed by atoms with E-state index in [4.69, 9.17) is 10.7 Å². The first kappa shape index (κ1) is 27.3. The molecule has 1 aliphatic rings. The zero-order valence-corrected chi connectivity index (χ0v) is 23.4. The van der Waals surface area contributed by atoms with Gasteiger partial charge in [0.25, 0.3) is 5.56 Å². The highest BCUT2D eigenvalue weighted by atomic mass is 16.2. The summed E-state index contributed by atoms with van der Waals surface area (Å²) in [4.78, 5) is 34.4. The molecule has 0 aliphatic carbocycles. The molecule has 1 aliphatic heterocycles. The molecule has 11 nitrogen and oxygen atoms in total. The van der Waals surface area contributed by atoms with Gasteiger partial charge in [0, 0.05) is 83.0 Å². The molecule has 0 saturated carbocycles. The quantitative estimate of drug-likeness (QED) is 0.314. The number of benzene rings is 1. The van der Waals surface area contributed by atoms with Crippen molar-refractivity contribution in [2.75, 3.05) is 55.1 Å². The number of fused-ring (bicyclic) bond motifs is 1. The standard InChI is InChI=1S/C27H41N9O2/c1-17(2)9-12-35-23-24(32-26(35)34-11-7-8-18(28)16-34)33(6)27(38)36(25(23)37)13-10-20-21(30-4)14-19(29-3)15-22(20)31-5/h9,14-15,18,29-31H,7-8,10-13,16,28H2,1-6H3. The Bertz CT molecular complexity index is 1430. The molecule has 11 heteroatoms. The summed E-state index contributed by atoms with van der Waals surface area (Å²) in [5.41, 5.74) is 11.4. The molecule has 4 rings (SSSR count). The summed E-state index contributed by atoms with van der Waals surface area (Å²) in [5, 5.41) is 9.65. The van der Waals surface area contributed by atoms with Gasteiger partial charge in [-0.3, -0.25) is 13.9 Å². The lowest BCUT2D eigenvalue weighted by molar-refractivity contribution is 0.495. The minimum Gasteiger partial charge on any atom is -0.388 e. The van der Waals surface area contributed by atoms with E-state index in [1.54, 1.807) is 7.05 Å². The van der Waals surface area contributed by atoms with Gasteiger partial charge in [0.15, 0.2) is 11.2 Å². The fourth-order valence-corrected chi connectivity index (χ4v) is 5.19. The molecule has 3 heterocycles. The number of nitrogens with zero attached hydrogens (tertiary/aromatic N) is 5. The molecule has 5 N–H and O–H groups in total. The smallest absolute Gasteiger partial charge is 0.332 e. The van der Waals surface area contributed by atoms with Crippen molar-refractivity contribution in [2.45, 2.75) is 52.2 Å². The average molecular weight is 524 g/mol. The van der Waals surface area contributed by atoms with E-state index >= 15 is 0 Å². The van der Waals surface area contributed by atoms with E-state index in [0.29, 0.717) is 36.6 Å². The molecule has 1 atom stereocenters. The highest BCUT2D eigenvalue weighted by molar-refractivity contribution is 5.75. The van der Waals surface area contributed by atoms with Crippen LogP contribution < -0.4 is 37.8 Å². The third-order valence-corrected chi connectivity index (χ3v) is 7.30. The Morgan fingerprint density at radius 3 is 2.37 bits per heavy atom. The van der Waals surface area contributed by atoms with Gasteiger partial charge in [-0.15, -0.1) is 0 Å². The van der Waals surface area contributed by atoms with Gasteiger partial charge in [-0.25, -0.2) is 4.79 Å². The summed E-state index contributed by atoms with van der Waals surface area (Å²) in [6.07, 6.45) is 4.50. The van der Waals surface area contributed by atoms with Crippen molar-refractivity contribution in [2.24, 2.45) is 12.8 Å². The zero-order valence-electron chi connectivity index (χ0n) is 23.4. The van der Waals surface area contributed by atoms with Crippen LogP contribution in [0.5, 0.6) is 0 Å². The van der Waals surface area contributed by atoms with Gasteiger partial charge in [-0.05, 0) is 45.2 Å². The third kappa shape index (κ3) is 5.15. The molecule has 206 valence electrons. The summed E-state index contributed by atoms with van der Waals surface area (Å²) >= 11 is 0. The number of hydrogen-bond acceptors (Lipinski definition) is 8. The Morgan fingerprint density at radius 2 is 1.79 bits per heavy atom. The SMILES string of the molecule is CNc1cc(NC)c(CCn2c(=O)c3c(nc(N4CCCC(N)C4)n3CC=C(C)C)n(C)c2=O)c(NC)c1. The molecular weight excluding hydrogens is 482 g/mol. The Kier molecular flexibility index (Phi) is 8.15. The summed E-state index contributed by atoms with van der Waals surface area (Å²) in [5.74, 6) is 0.690. The third-order valence-electron chi connectivity index (χ3n) is 7.30. The Morgan fingerprint density at radius 1 is 1.11 bits per heavy atom. The van der Waals surface area contributed by atoms with Crippen LogP contribution in [0, 0.1) is 0 Å². The fourth-order valence-electron chi connectivity index (χ4n) is 5.19. The number of hydrogen-bond donors (Lipinski definition) is 4. The lowest BCUT2D eigenvalue weighted by Gasteiger charge is -2.31. The number of imidazole rings is 1. The van der Waals surface area contributed by atoms with E-state index in [0.717, 1.165) is 47.6 Å². The topological polar surface area (TPSA) is 127 Å². The molecule has 38 heavy (non-hydrogen) atoms. The van der Waals surface area contributed by atoms with Crippen LogP contribution in [-0.2, 0) is 26.6 Å². The Labute approximate surface area is 223 Å². The van der Waals surface area contributed by atoms with Gasteiger partial charge in [-0.1, -0.05) is 11.6 Å². The van der Waals surface area contributed by atoms with Crippen molar-refractivity contribution >= 4 is 34.2 Å². The zero-order chi connectivity index (χ0) is 27.6. The molecule has 1 fully saturated rings. The van der Waals surface area contributed by atoms with Gasteiger partial charge in [0.05, 0.1) is 0 Å². The van der Waals surface area contributed by atoms with E-state index in [1.165, 1.54) is 9.13 Å². The molecule has 1 saturated heterocycles. The van der Waals surface area contributed by atoms with Crippen LogP contribution in [0.15, 0.2) is 33.4 Å². The minimum atomic E-state index is -0.375. The van der Waals surface area contributed by atoms with Crippen molar-refractivity contribution in [3.8, 4) is 0 Å². The second-order valence-electron chi connectivity index (χ2n) is 10.2. The predicted molar refractivity (Wildman–Crippen MR) is 157 cm³/mol. The van der Waals surface area contributed by atoms with E-state index < -0.39 is 0 Å². The Balaban J connectivity index is 1.84. The minimum absolute atomic E-state index is 0.0537. The van der Waals surface area contributed by atoms with Crippen molar-refractivity contribution in [3.63, 3.8) is 0 Å². The number of aryl methyl sites for hydroxylation is 1.